The van der Waals surface area contributed by atoms with Crippen molar-refractivity contribution in [1.82, 2.24) is 10.2 Å². The minimum atomic E-state index is -0.801. The summed E-state index contributed by atoms with van der Waals surface area (Å²) in [5, 5.41) is 12.4. The summed E-state index contributed by atoms with van der Waals surface area (Å²) in [6.45, 7) is 2.61. The molecule has 1 heterocycles. The van der Waals surface area contributed by atoms with Gasteiger partial charge in [-0.2, -0.15) is 0 Å². The molecule has 4 rings (SSSR count). The molecule has 5 heteroatoms. The van der Waals surface area contributed by atoms with Crippen LogP contribution in [-0.4, -0.2) is 41.1 Å². The third kappa shape index (κ3) is 2.38. The van der Waals surface area contributed by atoms with Gasteiger partial charge in [-0.3, -0.25) is 4.79 Å². The number of carbonyl (C=O) groups excluding carboxylic acids is 1. The van der Waals surface area contributed by atoms with Crippen LogP contribution in [0.3, 0.4) is 0 Å². The van der Waals surface area contributed by atoms with Gasteiger partial charge in [0, 0.05) is 19.1 Å². The van der Waals surface area contributed by atoms with E-state index in [0.29, 0.717) is 31.5 Å². The van der Waals surface area contributed by atoms with Gasteiger partial charge in [-0.1, -0.05) is 12.8 Å². The normalized spacial score (nSPS) is 39.9. The molecule has 0 spiro atoms. The summed E-state index contributed by atoms with van der Waals surface area (Å²) in [7, 11) is 0. The number of amides is 2. The van der Waals surface area contributed by atoms with Crippen LogP contribution in [0.2, 0.25) is 0 Å². The smallest absolute Gasteiger partial charge is 0.317 e. The van der Waals surface area contributed by atoms with Gasteiger partial charge < -0.3 is 15.3 Å². The first kappa shape index (κ1) is 13.7. The van der Waals surface area contributed by atoms with Crippen molar-refractivity contribution in [1.29, 1.82) is 0 Å². The van der Waals surface area contributed by atoms with Crippen LogP contribution >= 0.6 is 0 Å². The number of nitrogens with zero attached hydrogens (tertiary/aromatic N) is 1. The fourth-order valence-corrected chi connectivity index (χ4v) is 4.11. The van der Waals surface area contributed by atoms with E-state index in [1.54, 1.807) is 11.8 Å². The fraction of sp³-hybridized carbons (Fsp3) is 0.867. The molecule has 1 saturated heterocycles. The Morgan fingerprint density at radius 3 is 2.45 bits per heavy atom. The first-order valence-corrected chi connectivity index (χ1v) is 7.77. The zero-order valence-electron chi connectivity index (χ0n) is 12.1. The Labute approximate surface area is 119 Å². The van der Waals surface area contributed by atoms with E-state index in [1.165, 1.54) is 25.7 Å². The van der Waals surface area contributed by atoms with Crippen LogP contribution in [0.4, 0.5) is 4.79 Å². The minimum absolute atomic E-state index is 0.0625. The number of nitrogens with one attached hydrogen (secondary N) is 1. The molecule has 2 amide bonds. The van der Waals surface area contributed by atoms with Gasteiger partial charge in [0.1, 0.15) is 0 Å². The molecule has 4 fully saturated rings. The third-order valence-electron chi connectivity index (χ3n) is 5.63. The van der Waals surface area contributed by atoms with E-state index in [1.807, 2.05) is 0 Å². The van der Waals surface area contributed by atoms with E-state index in [9.17, 15) is 14.7 Å². The lowest BCUT2D eigenvalue weighted by molar-refractivity contribution is -0.147. The van der Waals surface area contributed by atoms with Crippen LogP contribution in [0, 0.1) is 17.3 Å². The standard InChI is InChI=1S/C15H24N2O3/c1-15(13(18)19)6-7-17(9-15)14(20)16-12-8-10-2-4-11(12)5-3-10/h10-12H,2-9H2,1H3,(H,16,20)(H,18,19). The molecule has 1 aliphatic heterocycles. The van der Waals surface area contributed by atoms with Crippen molar-refractivity contribution < 1.29 is 14.7 Å². The Hall–Kier alpha value is -1.26. The van der Waals surface area contributed by atoms with Crippen LogP contribution < -0.4 is 5.32 Å². The van der Waals surface area contributed by atoms with Gasteiger partial charge in [0.2, 0.25) is 0 Å². The average Bonchev–Trinajstić information content (AvgIpc) is 2.84. The summed E-state index contributed by atoms with van der Waals surface area (Å²) >= 11 is 0. The number of fused-ring (bicyclic) bond motifs is 3. The second-order valence-corrected chi connectivity index (χ2v) is 7.11. The fourth-order valence-electron chi connectivity index (χ4n) is 4.11. The molecule has 0 aromatic carbocycles. The molecule has 2 atom stereocenters. The topological polar surface area (TPSA) is 69.6 Å². The summed E-state index contributed by atoms with van der Waals surface area (Å²) in [5.74, 6) is 0.620. The quantitative estimate of drug-likeness (QED) is 0.813. The van der Waals surface area contributed by atoms with Gasteiger partial charge in [-0.05, 0) is 44.4 Å². The molecule has 0 aromatic rings. The highest BCUT2D eigenvalue weighted by molar-refractivity contribution is 5.79. The van der Waals surface area contributed by atoms with Crippen molar-refractivity contribution in [3.8, 4) is 0 Å². The Bertz CT molecular complexity index is 417. The maximum Gasteiger partial charge on any atom is 0.317 e. The summed E-state index contributed by atoms with van der Waals surface area (Å²) in [6.07, 6.45) is 6.77. The van der Waals surface area contributed by atoms with Crippen molar-refractivity contribution in [2.24, 2.45) is 17.3 Å². The number of hydrogen-bond acceptors (Lipinski definition) is 2. The van der Waals surface area contributed by atoms with Crippen molar-refractivity contribution in [2.45, 2.75) is 51.5 Å². The van der Waals surface area contributed by atoms with Gasteiger partial charge in [0.05, 0.1) is 5.41 Å². The molecule has 3 aliphatic carbocycles. The highest BCUT2D eigenvalue weighted by atomic mass is 16.4. The van der Waals surface area contributed by atoms with Crippen molar-refractivity contribution in [3.63, 3.8) is 0 Å². The highest BCUT2D eigenvalue weighted by Gasteiger charge is 2.43. The van der Waals surface area contributed by atoms with Crippen molar-refractivity contribution >= 4 is 12.0 Å². The Kier molecular flexibility index (Phi) is 3.38. The number of rotatable bonds is 2. The number of urea groups is 1. The third-order valence-corrected chi connectivity index (χ3v) is 5.63. The van der Waals surface area contributed by atoms with E-state index >= 15 is 0 Å². The molecular formula is C15H24N2O3. The van der Waals surface area contributed by atoms with Gasteiger partial charge >= 0.3 is 12.0 Å². The van der Waals surface area contributed by atoms with E-state index in [-0.39, 0.29) is 6.03 Å². The van der Waals surface area contributed by atoms with Gasteiger partial charge in [0.15, 0.2) is 0 Å². The number of aliphatic carboxylic acids is 1. The average molecular weight is 280 g/mol. The lowest BCUT2D eigenvalue weighted by Crippen LogP contribution is -2.51. The highest BCUT2D eigenvalue weighted by Crippen LogP contribution is 2.41. The number of carboxylic acids is 1. The zero-order chi connectivity index (χ0) is 14.3. The molecule has 0 radical (unpaired) electrons. The molecular weight excluding hydrogens is 256 g/mol. The van der Waals surface area contributed by atoms with E-state index in [4.69, 9.17) is 0 Å². The molecule has 4 aliphatic rings. The molecule has 5 nitrogen and oxygen atoms in total. The maximum absolute atomic E-state index is 12.3. The predicted octanol–water partition coefficient (Wildman–Crippen LogP) is 2.07. The Morgan fingerprint density at radius 1 is 1.25 bits per heavy atom. The predicted molar refractivity (Wildman–Crippen MR) is 74.3 cm³/mol. The van der Waals surface area contributed by atoms with Gasteiger partial charge in [-0.15, -0.1) is 0 Å². The van der Waals surface area contributed by atoms with E-state index in [2.05, 4.69) is 5.32 Å². The van der Waals surface area contributed by atoms with E-state index < -0.39 is 11.4 Å². The largest absolute Gasteiger partial charge is 0.481 e. The second kappa shape index (κ2) is 4.93. The van der Waals surface area contributed by atoms with Crippen molar-refractivity contribution in [3.05, 3.63) is 0 Å². The molecule has 2 unspecified atom stereocenters. The first-order chi connectivity index (χ1) is 9.48. The Morgan fingerprint density at radius 2 is 1.95 bits per heavy atom. The van der Waals surface area contributed by atoms with Crippen LogP contribution in [0.1, 0.15) is 45.4 Å². The Balaban J connectivity index is 1.57. The number of carbonyl (C=O) groups is 2. The second-order valence-electron chi connectivity index (χ2n) is 7.11. The van der Waals surface area contributed by atoms with Gasteiger partial charge in [-0.25, -0.2) is 4.79 Å². The number of carboxylic acid groups (broad SMARTS) is 1. The molecule has 0 aromatic heterocycles. The zero-order valence-corrected chi connectivity index (χ0v) is 12.1. The van der Waals surface area contributed by atoms with Crippen LogP contribution in [0.25, 0.3) is 0 Å². The number of likely N-dealkylation sites (tertiary alicyclic amines) is 1. The SMILES string of the molecule is CC1(C(=O)O)CCN(C(=O)NC2CC3CCC2CC3)C1. The lowest BCUT2D eigenvalue weighted by atomic mass is 9.68. The van der Waals surface area contributed by atoms with Crippen LogP contribution in [-0.2, 0) is 4.79 Å². The summed E-state index contributed by atoms with van der Waals surface area (Å²) in [6, 6.07) is 0.249. The minimum Gasteiger partial charge on any atom is -0.481 e. The maximum atomic E-state index is 12.3. The summed E-state index contributed by atoms with van der Waals surface area (Å²) in [4.78, 5) is 25.2. The molecule has 20 heavy (non-hydrogen) atoms. The monoisotopic (exact) mass is 280 g/mol. The summed E-state index contributed by atoms with van der Waals surface area (Å²) in [5.41, 5.74) is -0.775. The lowest BCUT2D eigenvalue weighted by Gasteiger charge is -2.43. The first-order valence-electron chi connectivity index (χ1n) is 7.77. The van der Waals surface area contributed by atoms with E-state index in [0.717, 1.165) is 12.3 Å². The summed E-state index contributed by atoms with van der Waals surface area (Å²) < 4.78 is 0. The molecule has 3 saturated carbocycles. The molecule has 112 valence electrons. The molecule has 2 bridgehead atoms. The van der Waals surface area contributed by atoms with Crippen LogP contribution in [0.15, 0.2) is 0 Å². The molecule has 2 N–H and O–H groups in total. The van der Waals surface area contributed by atoms with Crippen molar-refractivity contribution in [2.75, 3.05) is 13.1 Å². The number of hydrogen-bond donors (Lipinski definition) is 2. The van der Waals surface area contributed by atoms with Crippen LogP contribution in [0.5, 0.6) is 0 Å². The van der Waals surface area contributed by atoms with Gasteiger partial charge in [0.25, 0.3) is 0 Å².